The van der Waals surface area contributed by atoms with Crippen molar-refractivity contribution in [2.75, 3.05) is 5.75 Å². The molecule has 2 aliphatic heterocycles. The highest BCUT2D eigenvalue weighted by molar-refractivity contribution is 8.01. The fraction of sp³-hybridized carbons (Fsp3) is 0.444. The lowest BCUT2D eigenvalue weighted by Crippen LogP contribution is -2.50. The Bertz CT molecular complexity index is 772. The predicted octanol–water partition coefficient (Wildman–Crippen LogP) is 0.833. The van der Waals surface area contributed by atoms with Crippen LogP contribution in [0.3, 0.4) is 0 Å². The smallest absolute Gasteiger partial charge is 0.330 e. The maximum Gasteiger partial charge on any atom is 0.330 e. The maximum atomic E-state index is 12.5. The predicted molar refractivity (Wildman–Crippen MR) is 98.3 cm³/mol. The third-order valence-electron chi connectivity index (χ3n) is 4.71. The monoisotopic (exact) mass is 391 g/mol. The Hall–Kier alpha value is -2.55. The molecule has 27 heavy (non-hydrogen) atoms. The van der Waals surface area contributed by atoms with Crippen LogP contribution in [0.15, 0.2) is 30.3 Å². The number of rotatable bonds is 4. The van der Waals surface area contributed by atoms with Crippen molar-refractivity contribution in [2.45, 2.75) is 43.7 Å². The van der Waals surface area contributed by atoms with Crippen LogP contribution in [0.25, 0.3) is 0 Å². The van der Waals surface area contributed by atoms with Gasteiger partial charge in [-0.25, -0.2) is 4.79 Å². The molecule has 0 spiro atoms. The molecule has 2 heterocycles. The number of fused-ring (bicyclic) bond motifs is 1. The number of hydrogen-bond acceptors (Lipinski definition) is 6. The summed E-state index contributed by atoms with van der Waals surface area (Å²) in [7, 11) is 0. The summed E-state index contributed by atoms with van der Waals surface area (Å²) in [5, 5.41) is 0. The quantitative estimate of drug-likeness (QED) is 0.582. The lowest BCUT2D eigenvalue weighted by atomic mass is 10.2. The molecule has 0 radical (unpaired) electrons. The Labute approximate surface area is 161 Å². The third-order valence-corrected chi connectivity index (χ3v) is 6.22. The summed E-state index contributed by atoms with van der Waals surface area (Å²) in [6.45, 7) is 3.35. The van der Waals surface area contributed by atoms with Crippen molar-refractivity contribution in [1.29, 1.82) is 0 Å². The Morgan fingerprint density at radius 3 is 2.67 bits per heavy atom. The van der Waals surface area contributed by atoms with Crippen molar-refractivity contribution in [3.05, 3.63) is 35.9 Å². The zero-order chi connectivity index (χ0) is 19.6. The van der Waals surface area contributed by atoms with Gasteiger partial charge in [0.1, 0.15) is 6.04 Å². The summed E-state index contributed by atoms with van der Waals surface area (Å²) in [4.78, 5) is 49.7. The number of amides is 3. The molecule has 9 heteroatoms. The second-order valence-electron chi connectivity index (χ2n) is 6.65. The van der Waals surface area contributed by atoms with Crippen LogP contribution < -0.4 is 10.9 Å². The topological polar surface area (TPSA) is 105 Å². The minimum atomic E-state index is -1.11. The van der Waals surface area contributed by atoms with E-state index in [0.29, 0.717) is 24.2 Å². The maximum absolute atomic E-state index is 12.5. The van der Waals surface area contributed by atoms with Gasteiger partial charge in [0.15, 0.2) is 6.10 Å². The Morgan fingerprint density at radius 1 is 1.26 bits per heavy atom. The molecular weight excluding hydrogens is 370 g/mol. The second-order valence-corrected chi connectivity index (χ2v) is 8.16. The van der Waals surface area contributed by atoms with Crippen LogP contribution in [0.5, 0.6) is 0 Å². The summed E-state index contributed by atoms with van der Waals surface area (Å²) in [5.74, 6) is -1.38. The van der Waals surface area contributed by atoms with E-state index in [2.05, 4.69) is 10.9 Å². The van der Waals surface area contributed by atoms with Gasteiger partial charge in [-0.1, -0.05) is 18.2 Å². The van der Waals surface area contributed by atoms with E-state index >= 15 is 0 Å². The molecular formula is C18H21N3O5S. The SMILES string of the molecule is C[C@H](OC(=O)[C@H]1CS[C@@]2(C)CCC(=O)N12)C(=O)NNC(=O)c1ccccc1. The van der Waals surface area contributed by atoms with Gasteiger partial charge in [0.25, 0.3) is 11.8 Å². The van der Waals surface area contributed by atoms with Crippen LogP contribution in [0.4, 0.5) is 0 Å². The molecule has 3 amide bonds. The number of nitrogens with one attached hydrogen (secondary N) is 2. The largest absolute Gasteiger partial charge is 0.451 e. The van der Waals surface area contributed by atoms with Gasteiger partial charge in [-0.3, -0.25) is 25.2 Å². The minimum absolute atomic E-state index is 0.0725. The first kappa shape index (κ1) is 19.2. The molecule has 2 fully saturated rings. The Morgan fingerprint density at radius 2 is 1.96 bits per heavy atom. The summed E-state index contributed by atoms with van der Waals surface area (Å²) in [6.07, 6.45) is -0.000397. The van der Waals surface area contributed by atoms with Crippen LogP contribution in [0.1, 0.15) is 37.0 Å². The molecule has 0 saturated carbocycles. The second kappa shape index (κ2) is 7.59. The molecule has 0 bridgehead atoms. The van der Waals surface area contributed by atoms with Crippen LogP contribution in [0.2, 0.25) is 0 Å². The summed E-state index contributed by atoms with van der Waals surface area (Å²) in [6, 6.07) is 7.69. The Kier molecular flexibility index (Phi) is 5.41. The van der Waals surface area contributed by atoms with E-state index in [4.69, 9.17) is 4.74 Å². The number of ether oxygens (including phenoxy) is 1. The first-order valence-corrected chi connectivity index (χ1v) is 9.62. The molecule has 2 saturated heterocycles. The normalized spacial score (nSPS) is 24.9. The van der Waals surface area contributed by atoms with Gasteiger partial charge in [0, 0.05) is 17.7 Å². The third kappa shape index (κ3) is 3.92. The zero-order valence-corrected chi connectivity index (χ0v) is 15.9. The molecule has 0 aromatic heterocycles. The summed E-state index contributed by atoms with van der Waals surface area (Å²) < 4.78 is 5.23. The number of thioether (sulfide) groups is 1. The fourth-order valence-corrected chi connectivity index (χ4v) is 4.60. The molecule has 1 aromatic carbocycles. The van der Waals surface area contributed by atoms with E-state index in [1.807, 2.05) is 6.92 Å². The van der Waals surface area contributed by atoms with E-state index in [1.165, 1.54) is 6.92 Å². The number of nitrogens with zero attached hydrogens (tertiary/aromatic N) is 1. The van der Waals surface area contributed by atoms with Gasteiger partial charge in [-0.15, -0.1) is 11.8 Å². The van der Waals surface area contributed by atoms with Crippen molar-refractivity contribution in [3.8, 4) is 0 Å². The number of carbonyl (C=O) groups is 4. The van der Waals surface area contributed by atoms with Crippen molar-refractivity contribution in [1.82, 2.24) is 15.8 Å². The minimum Gasteiger partial charge on any atom is -0.451 e. The molecule has 8 nitrogen and oxygen atoms in total. The number of hydrazine groups is 1. The fourth-order valence-electron chi connectivity index (χ4n) is 3.18. The van der Waals surface area contributed by atoms with Gasteiger partial charge in [0.05, 0.1) is 4.87 Å². The van der Waals surface area contributed by atoms with Crippen molar-refractivity contribution >= 4 is 35.5 Å². The average molecular weight is 391 g/mol. The highest BCUT2D eigenvalue weighted by atomic mass is 32.2. The van der Waals surface area contributed by atoms with E-state index in [9.17, 15) is 19.2 Å². The summed E-state index contributed by atoms with van der Waals surface area (Å²) >= 11 is 1.55. The highest BCUT2D eigenvalue weighted by Crippen LogP contribution is 2.47. The average Bonchev–Trinajstić information content (AvgIpc) is 3.16. The number of carbonyl (C=O) groups excluding carboxylic acids is 4. The standard InChI is InChI=1S/C18H21N3O5S/c1-11(15(23)19-20-16(24)12-6-4-3-5-7-12)26-17(25)13-10-27-18(2)9-8-14(22)21(13)18/h3-7,11,13H,8-10H2,1-2H3,(H,19,23)(H,20,24)/t11-,13+,18-/m0/s1. The van der Waals surface area contributed by atoms with Gasteiger partial charge < -0.3 is 9.64 Å². The molecule has 2 N–H and O–H groups in total. The van der Waals surface area contributed by atoms with Crippen molar-refractivity contribution < 1.29 is 23.9 Å². The van der Waals surface area contributed by atoms with E-state index < -0.39 is 29.9 Å². The molecule has 144 valence electrons. The molecule has 3 rings (SSSR count). The lowest BCUT2D eigenvalue weighted by molar-refractivity contribution is -0.161. The molecule has 1 aromatic rings. The number of esters is 1. The van der Waals surface area contributed by atoms with Gasteiger partial charge in [0.2, 0.25) is 5.91 Å². The van der Waals surface area contributed by atoms with Crippen LogP contribution in [-0.4, -0.2) is 51.4 Å². The molecule has 0 unspecified atom stereocenters. The first-order valence-electron chi connectivity index (χ1n) is 8.64. The zero-order valence-electron chi connectivity index (χ0n) is 15.1. The lowest BCUT2D eigenvalue weighted by Gasteiger charge is -2.29. The Balaban J connectivity index is 1.52. The number of hydrogen-bond donors (Lipinski definition) is 2. The van der Waals surface area contributed by atoms with E-state index in [-0.39, 0.29) is 10.8 Å². The van der Waals surface area contributed by atoms with Crippen molar-refractivity contribution in [3.63, 3.8) is 0 Å². The van der Waals surface area contributed by atoms with Crippen LogP contribution in [0, 0.1) is 0 Å². The molecule has 0 aliphatic carbocycles. The van der Waals surface area contributed by atoms with E-state index in [1.54, 1.807) is 47.0 Å². The van der Waals surface area contributed by atoms with Crippen LogP contribution in [-0.2, 0) is 19.1 Å². The van der Waals surface area contributed by atoms with E-state index in [0.717, 1.165) is 0 Å². The number of benzene rings is 1. The highest BCUT2D eigenvalue weighted by Gasteiger charge is 2.53. The van der Waals surface area contributed by atoms with Crippen LogP contribution >= 0.6 is 11.8 Å². The summed E-state index contributed by atoms with van der Waals surface area (Å²) in [5.41, 5.74) is 4.90. The van der Waals surface area contributed by atoms with Crippen molar-refractivity contribution in [2.24, 2.45) is 0 Å². The first-order chi connectivity index (χ1) is 12.8. The van der Waals surface area contributed by atoms with Gasteiger partial charge >= 0.3 is 5.97 Å². The molecule has 2 aliphatic rings. The van der Waals surface area contributed by atoms with Gasteiger partial charge in [-0.2, -0.15) is 0 Å². The molecule has 3 atom stereocenters. The van der Waals surface area contributed by atoms with Gasteiger partial charge in [-0.05, 0) is 32.4 Å².